The maximum atomic E-state index is 5.68. The first-order valence-electron chi connectivity index (χ1n) is 8.03. The van der Waals surface area contributed by atoms with Crippen LogP contribution in [0, 0.1) is 5.41 Å². The van der Waals surface area contributed by atoms with Crippen LogP contribution in [0.5, 0.6) is 0 Å². The fraction of sp³-hybridized carbons (Fsp3) is 1.00. The predicted molar refractivity (Wildman–Crippen MR) is 80.8 cm³/mol. The quantitative estimate of drug-likeness (QED) is 0.749. The second-order valence-electron chi connectivity index (χ2n) is 6.75. The lowest BCUT2D eigenvalue weighted by Gasteiger charge is -2.31. The van der Waals surface area contributed by atoms with E-state index in [1.807, 2.05) is 0 Å². The van der Waals surface area contributed by atoms with Crippen molar-refractivity contribution in [1.82, 2.24) is 4.90 Å². The van der Waals surface area contributed by atoms with E-state index in [2.05, 4.69) is 25.7 Å². The highest BCUT2D eigenvalue weighted by Gasteiger charge is 2.21. The summed E-state index contributed by atoms with van der Waals surface area (Å²) in [5, 5.41) is 0. The number of rotatable bonds is 7. The summed E-state index contributed by atoms with van der Waals surface area (Å²) in [6, 6.07) is 0.852. The second kappa shape index (κ2) is 8.16. The zero-order valence-electron chi connectivity index (χ0n) is 12.9. The summed E-state index contributed by atoms with van der Waals surface area (Å²) in [6.45, 7) is 10.5. The Kier molecular flexibility index (Phi) is 7.25. The number of nitrogens with zero attached hydrogens (tertiary/aromatic N) is 1. The fourth-order valence-corrected chi connectivity index (χ4v) is 3.27. The minimum Gasteiger partial charge on any atom is -0.330 e. The summed E-state index contributed by atoms with van der Waals surface area (Å²) in [5.74, 6) is 0. The molecule has 0 amide bonds. The van der Waals surface area contributed by atoms with Crippen LogP contribution in [0.15, 0.2) is 0 Å². The van der Waals surface area contributed by atoms with Gasteiger partial charge >= 0.3 is 0 Å². The highest BCUT2D eigenvalue weighted by atomic mass is 15.1. The van der Waals surface area contributed by atoms with Crippen molar-refractivity contribution in [2.75, 3.05) is 19.6 Å². The van der Waals surface area contributed by atoms with E-state index in [0.717, 1.165) is 19.0 Å². The Balaban J connectivity index is 2.31. The fourth-order valence-electron chi connectivity index (χ4n) is 3.27. The summed E-state index contributed by atoms with van der Waals surface area (Å²) in [4.78, 5) is 2.76. The zero-order valence-corrected chi connectivity index (χ0v) is 12.9. The van der Waals surface area contributed by atoms with Gasteiger partial charge in [-0.05, 0) is 63.6 Å². The molecule has 0 bridgehead atoms. The number of nitrogens with two attached hydrogens (primary N) is 1. The largest absolute Gasteiger partial charge is 0.330 e. The SMILES string of the molecule is CCC1CCCCCN1CCCC(C)(C)CCN. The topological polar surface area (TPSA) is 29.3 Å². The first kappa shape index (κ1) is 16.0. The van der Waals surface area contributed by atoms with Gasteiger partial charge in [0.15, 0.2) is 0 Å². The molecule has 1 unspecified atom stereocenters. The van der Waals surface area contributed by atoms with Crippen molar-refractivity contribution in [2.24, 2.45) is 11.1 Å². The van der Waals surface area contributed by atoms with Gasteiger partial charge in [0, 0.05) is 6.04 Å². The van der Waals surface area contributed by atoms with E-state index in [0.29, 0.717) is 5.41 Å². The minimum absolute atomic E-state index is 0.433. The number of hydrogen-bond donors (Lipinski definition) is 1. The Morgan fingerprint density at radius 1 is 1.17 bits per heavy atom. The molecule has 1 aliphatic rings. The molecule has 1 aliphatic heterocycles. The van der Waals surface area contributed by atoms with Crippen LogP contribution >= 0.6 is 0 Å². The third kappa shape index (κ3) is 5.71. The van der Waals surface area contributed by atoms with E-state index < -0.39 is 0 Å². The van der Waals surface area contributed by atoms with Crippen molar-refractivity contribution in [1.29, 1.82) is 0 Å². The molecule has 2 nitrogen and oxygen atoms in total. The van der Waals surface area contributed by atoms with Gasteiger partial charge in [0.25, 0.3) is 0 Å². The van der Waals surface area contributed by atoms with Crippen LogP contribution < -0.4 is 5.73 Å². The van der Waals surface area contributed by atoms with Crippen LogP contribution in [0.4, 0.5) is 0 Å². The standard InChI is InChI=1S/C16H34N2/c1-4-15-9-6-5-7-13-18(15)14-8-10-16(2,3)11-12-17/h15H,4-14,17H2,1-3H3. The molecule has 108 valence electrons. The van der Waals surface area contributed by atoms with Crippen LogP contribution in [-0.2, 0) is 0 Å². The molecule has 0 spiro atoms. The van der Waals surface area contributed by atoms with Crippen molar-refractivity contribution >= 4 is 0 Å². The number of hydrogen-bond acceptors (Lipinski definition) is 2. The Morgan fingerprint density at radius 3 is 2.61 bits per heavy atom. The van der Waals surface area contributed by atoms with E-state index >= 15 is 0 Å². The molecular weight excluding hydrogens is 220 g/mol. The first-order chi connectivity index (χ1) is 8.59. The first-order valence-corrected chi connectivity index (χ1v) is 8.03. The van der Waals surface area contributed by atoms with E-state index in [1.54, 1.807) is 0 Å². The molecule has 2 heteroatoms. The third-order valence-electron chi connectivity index (χ3n) is 4.59. The average Bonchev–Trinajstić information content (AvgIpc) is 2.53. The lowest BCUT2D eigenvalue weighted by molar-refractivity contribution is 0.178. The normalized spacial score (nSPS) is 23.0. The molecule has 0 saturated carbocycles. The molecule has 18 heavy (non-hydrogen) atoms. The smallest absolute Gasteiger partial charge is 0.00926 e. The summed E-state index contributed by atoms with van der Waals surface area (Å²) in [7, 11) is 0. The molecule has 2 N–H and O–H groups in total. The second-order valence-corrected chi connectivity index (χ2v) is 6.75. The van der Waals surface area contributed by atoms with Gasteiger partial charge in [0.05, 0.1) is 0 Å². The van der Waals surface area contributed by atoms with Crippen molar-refractivity contribution in [3.63, 3.8) is 0 Å². The molecule has 0 aliphatic carbocycles. The lowest BCUT2D eigenvalue weighted by Crippen LogP contribution is -2.35. The van der Waals surface area contributed by atoms with Gasteiger partial charge in [-0.2, -0.15) is 0 Å². The van der Waals surface area contributed by atoms with Gasteiger partial charge in [0.2, 0.25) is 0 Å². The van der Waals surface area contributed by atoms with Crippen LogP contribution in [0.2, 0.25) is 0 Å². The van der Waals surface area contributed by atoms with Crippen molar-refractivity contribution < 1.29 is 0 Å². The number of likely N-dealkylation sites (tertiary alicyclic amines) is 1. The van der Waals surface area contributed by atoms with Crippen molar-refractivity contribution in [2.45, 2.75) is 78.2 Å². The van der Waals surface area contributed by atoms with Gasteiger partial charge < -0.3 is 10.6 Å². The molecule has 1 fully saturated rings. The molecule has 0 radical (unpaired) electrons. The summed E-state index contributed by atoms with van der Waals surface area (Å²) >= 11 is 0. The van der Waals surface area contributed by atoms with Gasteiger partial charge in [-0.1, -0.05) is 33.6 Å². The monoisotopic (exact) mass is 254 g/mol. The Bertz CT molecular complexity index is 213. The van der Waals surface area contributed by atoms with E-state index in [-0.39, 0.29) is 0 Å². The molecule has 1 saturated heterocycles. The maximum absolute atomic E-state index is 5.68. The molecule has 0 aromatic rings. The van der Waals surface area contributed by atoms with Crippen LogP contribution in [0.25, 0.3) is 0 Å². The minimum atomic E-state index is 0.433. The Morgan fingerprint density at radius 2 is 1.94 bits per heavy atom. The third-order valence-corrected chi connectivity index (χ3v) is 4.59. The highest BCUT2D eigenvalue weighted by Crippen LogP contribution is 2.27. The predicted octanol–water partition coefficient (Wildman–Crippen LogP) is 3.80. The Hall–Kier alpha value is -0.0800. The van der Waals surface area contributed by atoms with Gasteiger partial charge in [-0.15, -0.1) is 0 Å². The molecular formula is C16H34N2. The summed E-state index contributed by atoms with van der Waals surface area (Å²) in [5.41, 5.74) is 6.12. The summed E-state index contributed by atoms with van der Waals surface area (Å²) in [6.07, 6.45) is 10.8. The van der Waals surface area contributed by atoms with Gasteiger partial charge in [0.1, 0.15) is 0 Å². The van der Waals surface area contributed by atoms with Crippen LogP contribution in [0.3, 0.4) is 0 Å². The van der Waals surface area contributed by atoms with Crippen LogP contribution in [-0.4, -0.2) is 30.6 Å². The van der Waals surface area contributed by atoms with E-state index in [4.69, 9.17) is 5.73 Å². The maximum Gasteiger partial charge on any atom is 0.00926 e. The van der Waals surface area contributed by atoms with E-state index in [1.165, 1.54) is 58.0 Å². The molecule has 1 atom stereocenters. The Labute approximate surface area is 114 Å². The molecule has 0 aromatic heterocycles. The van der Waals surface area contributed by atoms with Crippen LogP contribution in [0.1, 0.15) is 72.1 Å². The lowest BCUT2D eigenvalue weighted by atomic mass is 9.84. The molecule has 1 heterocycles. The zero-order chi connectivity index (χ0) is 13.4. The highest BCUT2D eigenvalue weighted by molar-refractivity contribution is 4.76. The average molecular weight is 254 g/mol. The van der Waals surface area contributed by atoms with Gasteiger partial charge in [-0.25, -0.2) is 0 Å². The van der Waals surface area contributed by atoms with E-state index in [9.17, 15) is 0 Å². The summed E-state index contributed by atoms with van der Waals surface area (Å²) < 4.78 is 0. The molecule has 1 rings (SSSR count). The van der Waals surface area contributed by atoms with Crippen molar-refractivity contribution in [3.8, 4) is 0 Å². The molecule has 0 aromatic carbocycles. The van der Waals surface area contributed by atoms with Crippen molar-refractivity contribution in [3.05, 3.63) is 0 Å². The van der Waals surface area contributed by atoms with Gasteiger partial charge in [-0.3, -0.25) is 0 Å².